The highest BCUT2D eigenvalue weighted by atomic mass is 16.3. The standard InChI is InChI=1S/C12H12N4O4/c1-15-10(18)9(11(19)16(2)12(15)20)14-13-7-5-3-4-6-8(7)17/h3-6,17-18H,1-2H3. The molecular weight excluding hydrogens is 264 g/mol. The Morgan fingerprint density at radius 2 is 1.65 bits per heavy atom. The number of benzene rings is 1. The third kappa shape index (κ3) is 2.18. The Morgan fingerprint density at radius 1 is 1.00 bits per heavy atom. The minimum atomic E-state index is -0.773. The molecule has 0 aliphatic heterocycles. The van der Waals surface area contributed by atoms with Gasteiger partial charge in [0.1, 0.15) is 11.4 Å². The second kappa shape index (κ2) is 5.00. The molecule has 0 saturated heterocycles. The lowest BCUT2D eigenvalue weighted by atomic mass is 10.3. The number of para-hydroxylation sites is 1. The molecule has 0 amide bonds. The van der Waals surface area contributed by atoms with Gasteiger partial charge in [0.25, 0.3) is 5.56 Å². The average Bonchev–Trinajstić information content (AvgIpc) is 2.45. The van der Waals surface area contributed by atoms with E-state index in [4.69, 9.17) is 0 Å². The maximum Gasteiger partial charge on any atom is 0.333 e. The summed E-state index contributed by atoms with van der Waals surface area (Å²) in [6.45, 7) is 0. The second-order valence-corrected chi connectivity index (χ2v) is 4.07. The fraction of sp³-hybridized carbons (Fsp3) is 0.167. The zero-order valence-corrected chi connectivity index (χ0v) is 10.8. The first-order valence-electron chi connectivity index (χ1n) is 5.62. The molecule has 2 rings (SSSR count). The number of rotatable bonds is 2. The lowest BCUT2D eigenvalue weighted by Gasteiger charge is -2.06. The molecule has 20 heavy (non-hydrogen) atoms. The van der Waals surface area contributed by atoms with Gasteiger partial charge in [-0.2, -0.15) is 0 Å². The number of aromatic nitrogens is 2. The molecule has 1 aromatic heterocycles. The van der Waals surface area contributed by atoms with E-state index < -0.39 is 17.1 Å². The van der Waals surface area contributed by atoms with Crippen LogP contribution in [0.2, 0.25) is 0 Å². The van der Waals surface area contributed by atoms with Crippen molar-refractivity contribution in [3.8, 4) is 11.6 Å². The summed E-state index contributed by atoms with van der Waals surface area (Å²) in [5.74, 6) is -0.699. The number of aromatic hydroxyl groups is 2. The number of azo groups is 1. The molecule has 8 heteroatoms. The summed E-state index contributed by atoms with van der Waals surface area (Å²) in [5.41, 5.74) is -1.68. The molecule has 2 aromatic rings. The zero-order chi connectivity index (χ0) is 14.9. The van der Waals surface area contributed by atoms with E-state index in [1.54, 1.807) is 12.1 Å². The van der Waals surface area contributed by atoms with Crippen LogP contribution in [0.25, 0.3) is 0 Å². The lowest BCUT2D eigenvalue weighted by Crippen LogP contribution is -2.36. The van der Waals surface area contributed by atoms with E-state index in [1.807, 2.05) is 0 Å². The third-order valence-electron chi connectivity index (χ3n) is 2.75. The molecule has 0 unspecified atom stereocenters. The second-order valence-electron chi connectivity index (χ2n) is 4.07. The van der Waals surface area contributed by atoms with E-state index in [0.29, 0.717) is 0 Å². The number of phenolic OH excluding ortho intramolecular Hbond substituents is 1. The lowest BCUT2D eigenvalue weighted by molar-refractivity contribution is 0.413. The largest absolute Gasteiger partial charge is 0.506 e. The Morgan fingerprint density at radius 3 is 2.30 bits per heavy atom. The van der Waals surface area contributed by atoms with Crippen LogP contribution in [0.5, 0.6) is 11.6 Å². The van der Waals surface area contributed by atoms with Crippen LogP contribution in [0, 0.1) is 0 Å². The van der Waals surface area contributed by atoms with Crippen LogP contribution in [0.4, 0.5) is 11.4 Å². The van der Waals surface area contributed by atoms with Gasteiger partial charge >= 0.3 is 5.69 Å². The highest BCUT2D eigenvalue weighted by Gasteiger charge is 2.14. The molecule has 1 heterocycles. The molecule has 0 aliphatic carbocycles. The van der Waals surface area contributed by atoms with Gasteiger partial charge in [-0.1, -0.05) is 12.1 Å². The summed E-state index contributed by atoms with van der Waals surface area (Å²) < 4.78 is 1.68. The molecule has 0 radical (unpaired) electrons. The van der Waals surface area contributed by atoms with Crippen LogP contribution < -0.4 is 11.2 Å². The molecule has 0 aliphatic rings. The molecule has 0 fully saturated rings. The van der Waals surface area contributed by atoms with Gasteiger partial charge in [-0.05, 0) is 12.1 Å². The number of hydrogen-bond donors (Lipinski definition) is 2. The monoisotopic (exact) mass is 276 g/mol. The van der Waals surface area contributed by atoms with Gasteiger partial charge in [0.2, 0.25) is 11.6 Å². The molecule has 8 nitrogen and oxygen atoms in total. The number of nitrogens with zero attached hydrogens (tertiary/aromatic N) is 4. The quantitative estimate of drug-likeness (QED) is 0.794. The Labute approximate surface area is 112 Å². The summed E-state index contributed by atoms with van der Waals surface area (Å²) in [4.78, 5) is 23.4. The first-order chi connectivity index (χ1) is 9.43. The number of hydrogen-bond acceptors (Lipinski definition) is 6. The van der Waals surface area contributed by atoms with Crippen LogP contribution in [-0.2, 0) is 14.1 Å². The highest BCUT2D eigenvalue weighted by Crippen LogP contribution is 2.28. The van der Waals surface area contributed by atoms with Crippen molar-refractivity contribution in [3.63, 3.8) is 0 Å². The molecule has 2 N–H and O–H groups in total. The van der Waals surface area contributed by atoms with Gasteiger partial charge in [-0.3, -0.25) is 13.9 Å². The maximum absolute atomic E-state index is 11.8. The third-order valence-corrected chi connectivity index (χ3v) is 2.75. The summed E-state index contributed by atoms with van der Waals surface area (Å²) in [5, 5.41) is 26.6. The average molecular weight is 276 g/mol. The summed E-state index contributed by atoms with van der Waals surface area (Å²) in [6, 6.07) is 6.14. The normalized spacial score (nSPS) is 11.1. The van der Waals surface area contributed by atoms with E-state index in [9.17, 15) is 19.8 Å². The SMILES string of the molecule is Cn1c(O)c(N=Nc2ccccc2O)c(=O)n(C)c1=O. The van der Waals surface area contributed by atoms with Gasteiger partial charge in [0.15, 0.2) is 0 Å². The first-order valence-corrected chi connectivity index (χ1v) is 5.62. The van der Waals surface area contributed by atoms with Crippen molar-refractivity contribution < 1.29 is 10.2 Å². The fourth-order valence-electron chi connectivity index (χ4n) is 1.56. The van der Waals surface area contributed by atoms with E-state index in [2.05, 4.69) is 10.2 Å². The first kappa shape index (κ1) is 13.5. The van der Waals surface area contributed by atoms with Crippen molar-refractivity contribution in [2.75, 3.05) is 0 Å². The van der Waals surface area contributed by atoms with Gasteiger partial charge < -0.3 is 10.2 Å². The van der Waals surface area contributed by atoms with E-state index >= 15 is 0 Å². The summed E-state index contributed by atoms with van der Waals surface area (Å²) in [6.07, 6.45) is 0. The Balaban J connectivity index is 2.59. The zero-order valence-electron chi connectivity index (χ0n) is 10.8. The van der Waals surface area contributed by atoms with Crippen LogP contribution in [0.3, 0.4) is 0 Å². The molecule has 0 bridgehead atoms. The number of phenols is 1. The van der Waals surface area contributed by atoms with Crippen LogP contribution >= 0.6 is 0 Å². The van der Waals surface area contributed by atoms with Gasteiger partial charge in [0, 0.05) is 14.1 Å². The predicted octanol–water partition coefficient (Wildman–Crippen LogP) is 0.911. The van der Waals surface area contributed by atoms with Gasteiger partial charge in [0.05, 0.1) is 0 Å². The Hall–Kier alpha value is -2.90. The topological polar surface area (TPSA) is 109 Å². The van der Waals surface area contributed by atoms with Crippen molar-refractivity contribution in [3.05, 3.63) is 45.1 Å². The predicted molar refractivity (Wildman–Crippen MR) is 70.9 cm³/mol. The molecule has 0 spiro atoms. The van der Waals surface area contributed by atoms with E-state index in [1.165, 1.54) is 26.2 Å². The molecule has 0 saturated carbocycles. The van der Waals surface area contributed by atoms with E-state index in [-0.39, 0.29) is 17.1 Å². The van der Waals surface area contributed by atoms with Crippen LogP contribution in [-0.4, -0.2) is 19.3 Å². The van der Waals surface area contributed by atoms with Crippen molar-refractivity contribution >= 4 is 11.4 Å². The van der Waals surface area contributed by atoms with Crippen molar-refractivity contribution in [2.24, 2.45) is 24.3 Å². The van der Waals surface area contributed by atoms with Crippen LogP contribution in [0.1, 0.15) is 0 Å². The molecular formula is C12H12N4O4. The smallest absolute Gasteiger partial charge is 0.333 e. The van der Waals surface area contributed by atoms with Crippen molar-refractivity contribution in [1.29, 1.82) is 0 Å². The molecule has 1 aromatic carbocycles. The minimum absolute atomic E-state index is 0.114. The van der Waals surface area contributed by atoms with Gasteiger partial charge in [-0.25, -0.2) is 4.79 Å². The fourth-order valence-corrected chi connectivity index (χ4v) is 1.56. The van der Waals surface area contributed by atoms with Crippen molar-refractivity contribution in [2.45, 2.75) is 0 Å². The molecule has 104 valence electrons. The Kier molecular flexibility index (Phi) is 3.38. The maximum atomic E-state index is 11.8. The van der Waals surface area contributed by atoms with Crippen molar-refractivity contribution in [1.82, 2.24) is 9.13 Å². The van der Waals surface area contributed by atoms with Crippen LogP contribution in [0.15, 0.2) is 44.1 Å². The Bertz CT molecular complexity index is 804. The summed E-state index contributed by atoms with van der Waals surface area (Å²) >= 11 is 0. The minimum Gasteiger partial charge on any atom is -0.506 e. The molecule has 0 atom stereocenters. The summed E-state index contributed by atoms with van der Waals surface area (Å²) in [7, 11) is 2.57. The van der Waals surface area contributed by atoms with E-state index in [0.717, 1.165) is 9.13 Å². The van der Waals surface area contributed by atoms with Gasteiger partial charge in [-0.15, -0.1) is 10.2 Å². The highest BCUT2D eigenvalue weighted by molar-refractivity contribution is 5.51.